The van der Waals surface area contributed by atoms with Gasteiger partial charge in [-0.1, -0.05) is 18.7 Å². The summed E-state index contributed by atoms with van der Waals surface area (Å²) >= 11 is 1.47. The van der Waals surface area contributed by atoms with E-state index < -0.39 is 17.9 Å². The second-order valence-corrected chi connectivity index (χ2v) is 10.2. The van der Waals surface area contributed by atoms with Crippen LogP contribution in [0.2, 0.25) is 0 Å². The van der Waals surface area contributed by atoms with Gasteiger partial charge in [0.1, 0.15) is 22.7 Å². The molecule has 9 nitrogen and oxygen atoms in total. The zero-order chi connectivity index (χ0) is 27.2. The number of fused-ring (bicyclic) bond motifs is 1. The van der Waals surface area contributed by atoms with Crippen molar-refractivity contribution in [2.75, 3.05) is 18.1 Å². The van der Waals surface area contributed by atoms with Gasteiger partial charge < -0.3 is 20.7 Å². The number of rotatable bonds is 12. The minimum atomic E-state index is -0.756. The number of para-hydroxylation sites is 1. The first-order valence-electron chi connectivity index (χ1n) is 12.5. The van der Waals surface area contributed by atoms with Crippen molar-refractivity contribution in [1.29, 1.82) is 5.41 Å². The molecule has 2 unspecified atom stereocenters. The Morgan fingerprint density at radius 3 is 2.68 bits per heavy atom. The van der Waals surface area contributed by atoms with Gasteiger partial charge in [0.15, 0.2) is 0 Å². The van der Waals surface area contributed by atoms with Crippen LogP contribution in [0.3, 0.4) is 0 Å². The van der Waals surface area contributed by atoms with Gasteiger partial charge in [0.2, 0.25) is 5.91 Å². The lowest BCUT2D eigenvalue weighted by Gasteiger charge is -2.19. The zero-order valence-corrected chi connectivity index (χ0v) is 22.1. The number of Topliss-reactive ketones (excluding diaryl/α,β-unsaturated/α-hetero) is 1. The van der Waals surface area contributed by atoms with Crippen LogP contribution in [0.1, 0.15) is 43.2 Å². The summed E-state index contributed by atoms with van der Waals surface area (Å²) < 4.78 is 6.23. The number of nitrogens with two attached hydrogens (primary N) is 1. The van der Waals surface area contributed by atoms with E-state index >= 15 is 0 Å². The van der Waals surface area contributed by atoms with E-state index in [9.17, 15) is 14.4 Å². The van der Waals surface area contributed by atoms with Crippen LogP contribution in [0, 0.1) is 11.3 Å². The van der Waals surface area contributed by atoms with E-state index in [-0.39, 0.29) is 43.4 Å². The van der Waals surface area contributed by atoms with Crippen molar-refractivity contribution < 1.29 is 19.1 Å². The lowest BCUT2D eigenvalue weighted by Crippen LogP contribution is -2.37. The van der Waals surface area contributed by atoms with Crippen molar-refractivity contribution in [2.24, 2.45) is 11.7 Å². The Morgan fingerprint density at radius 2 is 2.00 bits per heavy atom. The standard InChI is InChI=1S/C28H31N5O4S/c1-3-37-28(36)23(31-17(2)26-32-22-6-4-5-7-24(22)38-26)13-12-21(34)16-19-14-15-33(27(19)35)20-10-8-18(9-11-20)25(29)30/h4-11,19,23,31H,2-3,12-16H2,1H3,(H3,29,30). The van der Waals surface area contributed by atoms with Crippen molar-refractivity contribution in [3.8, 4) is 0 Å². The molecule has 4 rings (SSSR count). The van der Waals surface area contributed by atoms with Crippen LogP contribution in [0.15, 0.2) is 55.1 Å². The third kappa shape index (κ3) is 6.25. The molecule has 0 spiro atoms. The molecule has 1 aliphatic heterocycles. The number of ether oxygens (including phenoxy) is 1. The Hall–Kier alpha value is -4.05. The average molecular weight is 534 g/mol. The number of carbonyl (C=O) groups is 3. The summed E-state index contributed by atoms with van der Waals surface area (Å²) in [5, 5.41) is 11.3. The molecule has 1 saturated heterocycles. The summed E-state index contributed by atoms with van der Waals surface area (Å²) in [4.78, 5) is 44.7. The summed E-state index contributed by atoms with van der Waals surface area (Å²) in [5.41, 5.74) is 8.15. The molecule has 3 aromatic rings. The minimum absolute atomic E-state index is 0.0351. The molecule has 1 aliphatic rings. The fourth-order valence-corrected chi connectivity index (χ4v) is 5.35. The van der Waals surface area contributed by atoms with Crippen LogP contribution in [-0.2, 0) is 19.1 Å². The number of hydrogen-bond acceptors (Lipinski definition) is 8. The zero-order valence-electron chi connectivity index (χ0n) is 21.2. The molecule has 1 fully saturated rings. The predicted molar refractivity (Wildman–Crippen MR) is 149 cm³/mol. The lowest BCUT2D eigenvalue weighted by molar-refractivity contribution is -0.145. The van der Waals surface area contributed by atoms with Crippen LogP contribution in [0.4, 0.5) is 5.69 Å². The van der Waals surface area contributed by atoms with E-state index in [4.69, 9.17) is 15.9 Å². The highest BCUT2D eigenvalue weighted by Gasteiger charge is 2.34. The number of hydrogen-bond donors (Lipinski definition) is 3. The molecule has 198 valence electrons. The van der Waals surface area contributed by atoms with Crippen LogP contribution in [0.5, 0.6) is 0 Å². The SMILES string of the molecule is C=C(NC(CCC(=O)CC1CCN(c2ccc(C(=N)N)cc2)C1=O)C(=O)OCC)c1nc2ccccc2s1. The van der Waals surface area contributed by atoms with Gasteiger partial charge in [0.05, 0.1) is 22.5 Å². The number of nitrogen functional groups attached to an aromatic ring is 1. The number of carbonyl (C=O) groups excluding carboxylic acids is 3. The minimum Gasteiger partial charge on any atom is -0.464 e. The van der Waals surface area contributed by atoms with Crippen molar-refractivity contribution >= 4 is 56.4 Å². The van der Waals surface area contributed by atoms with Crippen molar-refractivity contribution in [3.05, 3.63) is 65.7 Å². The summed E-state index contributed by atoms with van der Waals surface area (Å²) in [5.74, 6) is -1.08. The van der Waals surface area contributed by atoms with Crippen molar-refractivity contribution in [3.63, 3.8) is 0 Å². The van der Waals surface area contributed by atoms with Crippen LogP contribution in [-0.4, -0.2) is 47.7 Å². The van der Waals surface area contributed by atoms with Gasteiger partial charge in [-0.05, 0) is 56.2 Å². The second kappa shape index (κ2) is 12.0. The third-order valence-electron chi connectivity index (χ3n) is 6.46. The first kappa shape index (κ1) is 27.0. The topological polar surface area (TPSA) is 138 Å². The smallest absolute Gasteiger partial charge is 0.328 e. The summed E-state index contributed by atoms with van der Waals surface area (Å²) in [6.45, 7) is 6.52. The summed E-state index contributed by atoms with van der Waals surface area (Å²) in [6, 6.07) is 13.9. The first-order valence-corrected chi connectivity index (χ1v) is 13.3. The van der Waals surface area contributed by atoms with Gasteiger partial charge in [0, 0.05) is 36.6 Å². The number of aromatic nitrogens is 1. The molecule has 2 aromatic carbocycles. The van der Waals surface area contributed by atoms with Gasteiger partial charge in [-0.2, -0.15) is 0 Å². The molecular weight excluding hydrogens is 502 g/mol. The number of anilines is 1. The maximum Gasteiger partial charge on any atom is 0.328 e. The van der Waals surface area contributed by atoms with Gasteiger partial charge in [-0.25, -0.2) is 9.78 Å². The van der Waals surface area contributed by atoms with Gasteiger partial charge in [-0.3, -0.25) is 15.0 Å². The second-order valence-electron chi connectivity index (χ2n) is 9.13. The lowest BCUT2D eigenvalue weighted by atomic mass is 9.97. The van der Waals surface area contributed by atoms with Gasteiger partial charge >= 0.3 is 5.97 Å². The largest absolute Gasteiger partial charge is 0.464 e. The van der Waals surface area contributed by atoms with Gasteiger partial charge in [0.25, 0.3) is 0 Å². The molecule has 0 saturated carbocycles. The molecule has 38 heavy (non-hydrogen) atoms. The highest BCUT2D eigenvalue weighted by atomic mass is 32.1. The van der Waals surface area contributed by atoms with Crippen LogP contribution < -0.4 is 16.0 Å². The highest BCUT2D eigenvalue weighted by molar-refractivity contribution is 7.19. The number of amides is 1. The molecule has 2 heterocycles. The van der Waals surface area contributed by atoms with E-state index in [0.717, 1.165) is 15.9 Å². The number of benzene rings is 2. The molecule has 0 radical (unpaired) electrons. The average Bonchev–Trinajstić information content (AvgIpc) is 3.50. The van der Waals surface area contributed by atoms with Gasteiger partial charge in [-0.15, -0.1) is 11.3 Å². The van der Waals surface area contributed by atoms with Crippen LogP contribution in [0.25, 0.3) is 15.9 Å². The highest BCUT2D eigenvalue weighted by Crippen LogP contribution is 2.29. The Labute approximate surface area is 225 Å². The van der Waals surface area contributed by atoms with E-state index in [1.165, 1.54) is 11.3 Å². The number of thiazole rings is 1. The van der Waals surface area contributed by atoms with Crippen molar-refractivity contribution in [1.82, 2.24) is 10.3 Å². The number of nitrogens with one attached hydrogen (secondary N) is 2. The molecule has 0 bridgehead atoms. The number of nitrogens with zero attached hydrogens (tertiary/aromatic N) is 2. The normalized spacial score (nSPS) is 15.9. The summed E-state index contributed by atoms with van der Waals surface area (Å²) in [7, 11) is 0. The van der Waals surface area contributed by atoms with E-state index in [2.05, 4.69) is 16.9 Å². The van der Waals surface area contributed by atoms with E-state index in [1.54, 1.807) is 36.1 Å². The Morgan fingerprint density at radius 1 is 1.26 bits per heavy atom. The number of esters is 1. The molecule has 1 aromatic heterocycles. The maximum atomic E-state index is 13.0. The Kier molecular flexibility index (Phi) is 8.52. The number of amidine groups is 1. The first-order chi connectivity index (χ1) is 18.3. The Bertz CT molecular complexity index is 1330. The van der Waals surface area contributed by atoms with Crippen molar-refractivity contribution in [2.45, 2.75) is 38.6 Å². The molecule has 4 N–H and O–H groups in total. The van der Waals surface area contributed by atoms with E-state index in [1.807, 2.05) is 24.3 Å². The monoisotopic (exact) mass is 533 g/mol. The molecule has 0 aliphatic carbocycles. The molecule has 10 heteroatoms. The molecule has 2 atom stereocenters. The Balaban J connectivity index is 1.34. The predicted octanol–water partition coefficient (Wildman–Crippen LogP) is 3.86. The molecular formula is C28H31N5O4S. The number of ketones is 1. The quantitative estimate of drug-likeness (QED) is 0.182. The fraction of sp³-hybridized carbons (Fsp3) is 0.321. The maximum absolute atomic E-state index is 13.0. The molecule has 1 amide bonds. The summed E-state index contributed by atoms with van der Waals surface area (Å²) in [6.07, 6.45) is 1.04. The third-order valence-corrected chi connectivity index (χ3v) is 7.56. The van der Waals surface area contributed by atoms with E-state index in [0.29, 0.717) is 29.2 Å². The van der Waals surface area contributed by atoms with Crippen LogP contribution >= 0.6 is 11.3 Å². The fourth-order valence-electron chi connectivity index (χ4n) is 4.45.